The maximum Gasteiger partial charge on any atom is 0.269 e. The minimum Gasteiger partial charge on any atom is -0.381 e. The average molecular weight is 428 g/mol. The molecule has 0 aliphatic carbocycles. The van der Waals surface area contributed by atoms with E-state index in [0.717, 1.165) is 24.1 Å². The van der Waals surface area contributed by atoms with Crippen LogP contribution in [0, 0.1) is 4.77 Å². The molecule has 29 heavy (non-hydrogen) atoms. The molecule has 1 amide bonds. The van der Waals surface area contributed by atoms with Crippen molar-refractivity contribution in [1.82, 2.24) is 14.9 Å². The number of carbonyl (C=O) groups is 1. The Balaban J connectivity index is 1.59. The van der Waals surface area contributed by atoms with Crippen LogP contribution in [0.4, 0.5) is 0 Å². The Hall–Kier alpha value is -2.41. The third kappa shape index (κ3) is 4.15. The Bertz CT molecular complexity index is 1060. The average Bonchev–Trinajstić information content (AvgIpc) is 3.15. The van der Waals surface area contributed by atoms with E-state index in [9.17, 15) is 4.79 Å². The molecule has 2 aromatic carbocycles. The lowest BCUT2D eigenvalue weighted by Crippen LogP contribution is -2.44. The predicted octanol–water partition coefficient (Wildman–Crippen LogP) is 4.67. The van der Waals surface area contributed by atoms with Crippen LogP contribution in [0.25, 0.3) is 5.69 Å². The summed E-state index contributed by atoms with van der Waals surface area (Å²) in [6.07, 6.45) is 3.30. The summed E-state index contributed by atoms with van der Waals surface area (Å²) in [4.78, 5) is 16.1. The highest BCUT2D eigenvalue weighted by molar-refractivity contribution is 7.71. The third-order valence-corrected chi connectivity index (χ3v) is 6.03. The van der Waals surface area contributed by atoms with E-state index in [-0.39, 0.29) is 11.3 Å². The predicted molar refractivity (Wildman–Crippen MR) is 116 cm³/mol. The molecule has 150 valence electrons. The van der Waals surface area contributed by atoms with Crippen LogP contribution in [0.3, 0.4) is 0 Å². The van der Waals surface area contributed by atoms with Crippen molar-refractivity contribution in [2.24, 2.45) is 0 Å². The molecule has 1 fully saturated rings. The summed E-state index contributed by atoms with van der Waals surface area (Å²) < 4.78 is 7.81. The number of hydrogen-bond donors (Lipinski definition) is 2. The van der Waals surface area contributed by atoms with Gasteiger partial charge >= 0.3 is 0 Å². The molecule has 0 bridgehead atoms. The Morgan fingerprint density at radius 1 is 1.17 bits per heavy atom. The Morgan fingerprint density at radius 2 is 1.93 bits per heavy atom. The molecule has 4 rings (SSSR count). The summed E-state index contributed by atoms with van der Waals surface area (Å²) in [5.74, 6) is -0.172. The van der Waals surface area contributed by atoms with E-state index < -0.39 is 0 Å². The highest BCUT2D eigenvalue weighted by Gasteiger charge is 2.35. The highest BCUT2D eigenvalue weighted by atomic mass is 35.5. The first kappa shape index (κ1) is 19.9. The molecule has 1 aromatic heterocycles. The first-order valence-corrected chi connectivity index (χ1v) is 10.4. The minimum atomic E-state index is -0.205. The smallest absolute Gasteiger partial charge is 0.269 e. The van der Waals surface area contributed by atoms with Gasteiger partial charge in [0.15, 0.2) is 4.77 Å². The number of imidazole rings is 1. The maximum atomic E-state index is 13.1. The van der Waals surface area contributed by atoms with Crippen molar-refractivity contribution in [1.29, 1.82) is 0 Å². The van der Waals surface area contributed by atoms with E-state index in [1.165, 1.54) is 0 Å². The van der Waals surface area contributed by atoms with Crippen molar-refractivity contribution < 1.29 is 9.53 Å². The summed E-state index contributed by atoms with van der Waals surface area (Å²) in [5.41, 5.74) is 2.25. The number of carbonyl (C=O) groups excluding carboxylic acids is 1. The number of hydrogen-bond acceptors (Lipinski definition) is 3. The van der Waals surface area contributed by atoms with Crippen molar-refractivity contribution in [3.63, 3.8) is 0 Å². The molecule has 0 saturated carbocycles. The van der Waals surface area contributed by atoms with E-state index in [1.807, 2.05) is 48.5 Å². The van der Waals surface area contributed by atoms with E-state index in [1.54, 1.807) is 10.8 Å². The Labute approximate surface area is 179 Å². The molecule has 0 radical (unpaired) electrons. The zero-order chi connectivity index (χ0) is 20.3. The lowest BCUT2D eigenvalue weighted by Gasteiger charge is -2.38. The zero-order valence-corrected chi connectivity index (χ0v) is 17.4. The molecule has 5 nitrogen and oxygen atoms in total. The van der Waals surface area contributed by atoms with Crippen LogP contribution >= 0.6 is 23.8 Å². The number of H-pyrrole nitrogens is 1. The first-order valence-electron chi connectivity index (χ1n) is 9.57. The van der Waals surface area contributed by atoms with Crippen molar-refractivity contribution in [3.8, 4) is 5.69 Å². The summed E-state index contributed by atoms with van der Waals surface area (Å²) in [6.45, 7) is 1.82. The van der Waals surface area contributed by atoms with Gasteiger partial charge in [-0.25, -0.2) is 0 Å². The molecule has 2 heterocycles. The number of nitrogens with one attached hydrogen (secondary N) is 2. The summed E-state index contributed by atoms with van der Waals surface area (Å²) in [6, 6.07) is 17.5. The molecular formula is C22H22ClN3O2S. The van der Waals surface area contributed by atoms with E-state index >= 15 is 0 Å². The fourth-order valence-electron chi connectivity index (χ4n) is 3.86. The number of aromatic amines is 1. The molecule has 1 saturated heterocycles. The van der Waals surface area contributed by atoms with E-state index in [0.29, 0.717) is 35.2 Å². The Kier molecular flexibility index (Phi) is 5.85. The van der Waals surface area contributed by atoms with Gasteiger partial charge < -0.3 is 15.0 Å². The van der Waals surface area contributed by atoms with Crippen LogP contribution in [0.5, 0.6) is 0 Å². The lowest BCUT2D eigenvalue weighted by molar-refractivity contribution is 0.0486. The van der Waals surface area contributed by atoms with Gasteiger partial charge in [-0.3, -0.25) is 9.36 Å². The molecule has 1 aliphatic heterocycles. The number of nitrogens with zero attached hydrogens (tertiary/aromatic N) is 1. The van der Waals surface area contributed by atoms with Gasteiger partial charge in [0.1, 0.15) is 5.69 Å². The van der Waals surface area contributed by atoms with Gasteiger partial charge in [0.05, 0.1) is 0 Å². The quantitative estimate of drug-likeness (QED) is 0.582. The molecule has 7 heteroatoms. The number of aromatic nitrogens is 2. The number of ether oxygens (including phenoxy) is 1. The second-order valence-electron chi connectivity index (χ2n) is 7.24. The SMILES string of the molecule is O=C(NCC1(c2cccc(Cl)c2)CCOCC1)c1c[nH]c(=S)n1-c1ccccc1. The molecular weight excluding hydrogens is 406 g/mol. The molecule has 1 aliphatic rings. The molecule has 2 N–H and O–H groups in total. The second-order valence-corrected chi connectivity index (χ2v) is 8.06. The van der Waals surface area contributed by atoms with Crippen LogP contribution in [0.1, 0.15) is 28.9 Å². The van der Waals surface area contributed by atoms with Gasteiger partial charge in [-0.15, -0.1) is 0 Å². The van der Waals surface area contributed by atoms with Gasteiger partial charge in [0.2, 0.25) is 0 Å². The standard InChI is InChI=1S/C22H22ClN3O2S/c23-17-6-4-5-16(13-17)22(9-11-28-12-10-22)15-25-20(27)19-14-24-21(29)26(19)18-7-2-1-3-8-18/h1-8,13-14H,9-12,15H2,(H,24,29)(H,25,27). The van der Waals surface area contributed by atoms with E-state index in [2.05, 4.69) is 16.4 Å². The molecule has 0 spiro atoms. The van der Waals surface area contributed by atoms with Crippen molar-refractivity contribution >= 4 is 29.7 Å². The van der Waals surface area contributed by atoms with Crippen molar-refractivity contribution in [2.75, 3.05) is 19.8 Å². The van der Waals surface area contributed by atoms with Crippen molar-refractivity contribution in [2.45, 2.75) is 18.3 Å². The minimum absolute atomic E-state index is 0.172. The van der Waals surface area contributed by atoms with Gasteiger partial charge in [0.25, 0.3) is 5.91 Å². The van der Waals surface area contributed by atoms with Gasteiger partial charge in [-0.2, -0.15) is 0 Å². The zero-order valence-electron chi connectivity index (χ0n) is 15.9. The highest BCUT2D eigenvalue weighted by Crippen LogP contribution is 2.35. The fraction of sp³-hybridized carbons (Fsp3) is 0.273. The van der Waals surface area contributed by atoms with Crippen molar-refractivity contribution in [3.05, 3.63) is 81.8 Å². The van der Waals surface area contributed by atoms with E-state index in [4.69, 9.17) is 28.6 Å². The van der Waals surface area contributed by atoms with Gasteiger partial charge in [-0.05, 0) is 54.9 Å². The van der Waals surface area contributed by atoms with Crippen LogP contribution < -0.4 is 5.32 Å². The lowest BCUT2D eigenvalue weighted by atomic mass is 9.74. The normalized spacial score (nSPS) is 15.8. The van der Waals surface area contributed by atoms with Crippen LogP contribution in [0.2, 0.25) is 5.02 Å². The van der Waals surface area contributed by atoms with Crippen LogP contribution in [0.15, 0.2) is 60.8 Å². The number of amides is 1. The largest absolute Gasteiger partial charge is 0.381 e. The second kappa shape index (κ2) is 8.53. The summed E-state index contributed by atoms with van der Waals surface area (Å²) >= 11 is 11.6. The summed E-state index contributed by atoms with van der Waals surface area (Å²) in [5, 5.41) is 3.82. The fourth-order valence-corrected chi connectivity index (χ4v) is 4.31. The first-order chi connectivity index (χ1) is 14.1. The topological polar surface area (TPSA) is 59.0 Å². The summed E-state index contributed by atoms with van der Waals surface area (Å²) in [7, 11) is 0. The van der Waals surface area contributed by atoms with Crippen LogP contribution in [-0.2, 0) is 10.2 Å². The number of para-hydroxylation sites is 1. The van der Waals surface area contributed by atoms with Gasteiger partial charge in [-0.1, -0.05) is 41.9 Å². The molecule has 3 aromatic rings. The van der Waals surface area contributed by atoms with Crippen LogP contribution in [-0.4, -0.2) is 35.2 Å². The van der Waals surface area contributed by atoms with Gasteiger partial charge in [0, 0.05) is 42.1 Å². The molecule has 0 unspecified atom stereocenters. The maximum absolute atomic E-state index is 13.1. The monoisotopic (exact) mass is 427 g/mol. The number of rotatable bonds is 5. The Morgan fingerprint density at radius 3 is 2.66 bits per heavy atom. The molecule has 0 atom stereocenters. The third-order valence-electron chi connectivity index (χ3n) is 5.50. The number of halogens is 1. The number of benzene rings is 2.